The van der Waals surface area contributed by atoms with E-state index in [9.17, 15) is 8.42 Å². The smallest absolute Gasteiger partial charge is 0.216 e. The molecule has 1 aromatic heterocycles. The zero-order chi connectivity index (χ0) is 15.5. The Hall–Kier alpha value is -1.11. The van der Waals surface area contributed by atoms with E-state index >= 15 is 0 Å². The number of rotatable bonds is 6. The fourth-order valence-electron chi connectivity index (χ4n) is 2.36. The fraction of sp³-hybridized carbons (Fsp3) is 0.500. The normalized spacial score (nSPS) is 15.4. The molecule has 2 heterocycles. The summed E-state index contributed by atoms with van der Waals surface area (Å²) in [4.78, 5) is 6.77. The van der Waals surface area contributed by atoms with Gasteiger partial charge in [-0.3, -0.25) is 0 Å². The van der Waals surface area contributed by atoms with Gasteiger partial charge < -0.3 is 4.90 Å². The van der Waals surface area contributed by atoms with E-state index in [1.807, 2.05) is 19.1 Å². The minimum atomic E-state index is -3.46. The van der Waals surface area contributed by atoms with Crippen molar-refractivity contribution in [2.24, 2.45) is 0 Å². The Morgan fingerprint density at radius 3 is 2.71 bits per heavy atom. The zero-order valence-corrected chi connectivity index (χ0v) is 13.7. The summed E-state index contributed by atoms with van der Waals surface area (Å²) in [6, 6.07) is 3.82. The number of aromatic nitrogens is 1. The number of aryl methyl sites for hydroxylation is 1. The topological polar surface area (TPSA) is 62.3 Å². The molecule has 116 valence electrons. The van der Waals surface area contributed by atoms with Crippen LogP contribution < -0.4 is 9.62 Å². The number of hydrogen-bond donors (Lipinski definition) is 1. The number of hydrogen-bond acceptors (Lipinski definition) is 4. The van der Waals surface area contributed by atoms with Gasteiger partial charge in [0.1, 0.15) is 5.82 Å². The third kappa shape index (κ3) is 4.69. The van der Waals surface area contributed by atoms with Crippen LogP contribution in [0.1, 0.15) is 24.1 Å². The Morgan fingerprint density at radius 2 is 2.10 bits per heavy atom. The Bertz CT molecular complexity index is 625. The van der Waals surface area contributed by atoms with Crippen LogP contribution in [-0.4, -0.2) is 32.2 Å². The van der Waals surface area contributed by atoms with E-state index < -0.39 is 10.0 Å². The van der Waals surface area contributed by atoms with Crippen molar-refractivity contribution < 1.29 is 8.42 Å². The van der Waals surface area contributed by atoms with Gasteiger partial charge in [0.15, 0.2) is 0 Å². The Labute approximate surface area is 131 Å². The highest BCUT2D eigenvalue weighted by Crippen LogP contribution is 2.23. The molecule has 0 amide bonds. The van der Waals surface area contributed by atoms with Crippen LogP contribution in [0.4, 0.5) is 5.82 Å². The summed E-state index contributed by atoms with van der Waals surface area (Å²) >= 11 is 5.57. The van der Waals surface area contributed by atoms with Crippen LogP contribution in [0, 0.1) is 6.92 Å². The first-order valence-electron chi connectivity index (χ1n) is 6.89. The molecule has 7 heteroatoms. The molecular weight excluding hydrogens is 310 g/mol. The van der Waals surface area contributed by atoms with Crippen molar-refractivity contribution in [1.82, 2.24) is 9.71 Å². The molecule has 0 aromatic carbocycles. The highest BCUT2D eigenvalue weighted by molar-refractivity contribution is 7.89. The molecule has 1 aliphatic heterocycles. The number of nitrogens with zero attached hydrogens (tertiary/aromatic N) is 2. The Kier molecular flexibility index (Phi) is 5.24. The highest BCUT2D eigenvalue weighted by Gasteiger charge is 2.19. The molecular formula is C14H20ClN3O2S. The van der Waals surface area contributed by atoms with E-state index in [1.54, 1.807) is 0 Å². The molecule has 0 saturated carbocycles. The molecule has 1 fully saturated rings. The maximum absolute atomic E-state index is 11.8. The molecule has 0 unspecified atom stereocenters. The van der Waals surface area contributed by atoms with Crippen molar-refractivity contribution in [3.05, 3.63) is 35.0 Å². The second kappa shape index (κ2) is 6.77. The van der Waals surface area contributed by atoms with Gasteiger partial charge in [-0.15, -0.1) is 0 Å². The number of anilines is 1. The first kappa shape index (κ1) is 16.3. The fourth-order valence-corrected chi connectivity index (χ4v) is 3.68. The van der Waals surface area contributed by atoms with Crippen LogP contribution in [0.3, 0.4) is 0 Å². The van der Waals surface area contributed by atoms with Gasteiger partial charge in [-0.05, 0) is 25.8 Å². The third-order valence-corrected chi connectivity index (χ3v) is 4.93. The number of halogens is 1. The average molecular weight is 330 g/mol. The zero-order valence-electron chi connectivity index (χ0n) is 12.1. The molecule has 0 bridgehead atoms. The van der Waals surface area contributed by atoms with Crippen molar-refractivity contribution in [3.63, 3.8) is 0 Å². The monoisotopic (exact) mass is 329 g/mol. The van der Waals surface area contributed by atoms with Gasteiger partial charge in [-0.1, -0.05) is 24.2 Å². The van der Waals surface area contributed by atoms with E-state index in [0.29, 0.717) is 0 Å². The summed E-state index contributed by atoms with van der Waals surface area (Å²) < 4.78 is 26.2. The van der Waals surface area contributed by atoms with Crippen LogP contribution >= 0.6 is 11.6 Å². The van der Waals surface area contributed by atoms with Gasteiger partial charge in [0.05, 0.1) is 5.75 Å². The van der Waals surface area contributed by atoms with Crippen LogP contribution in [0.5, 0.6) is 0 Å². The van der Waals surface area contributed by atoms with E-state index in [0.717, 1.165) is 43.0 Å². The summed E-state index contributed by atoms with van der Waals surface area (Å²) in [6.45, 7) is 7.50. The van der Waals surface area contributed by atoms with Crippen molar-refractivity contribution >= 4 is 27.4 Å². The molecule has 1 saturated heterocycles. The SMILES string of the molecule is C=C(Cl)CS(=O)(=O)NCc1ccc(C)nc1N1CCCC1. The number of pyridine rings is 1. The molecule has 2 rings (SSSR count). The van der Waals surface area contributed by atoms with Gasteiger partial charge in [0, 0.05) is 35.9 Å². The van der Waals surface area contributed by atoms with Crippen molar-refractivity contribution in [1.29, 1.82) is 0 Å². The summed E-state index contributed by atoms with van der Waals surface area (Å²) in [5.41, 5.74) is 1.81. The molecule has 5 nitrogen and oxygen atoms in total. The summed E-state index contributed by atoms with van der Waals surface area (Å²) in [5, 5.41) is 0.101. The lowest BCUT2D eigenvalue weighted by Gasteiger charge is -2.20. The predicted octanol–water partition coefficient (Wildman–Crippen LogP) is 2.16. The van der Waals surface area contributed by atoms with E-state index in [2.05, 4.69) is 21.2 Å². The Balaban J connectivity index is 2.14. The van der Waals surface area contributed by atoms with E-state index in [-0.39, 0.29) is 17.3 Å². The first-order chi connectivity index (χ1) is 9.87. The molecule has 0 aliphatic carbocycles. The van der Waals surface area contributed by atoms with Crippen molar-refractivity contribution in [3.8, 4) is 0 Å². The van der Waals surface area contributed by atoms with E-state index in [1.165, 1.54) is 0 Å². The average Bonchev–Trinajstić information content (AvgIpc) is 2.89. The quantitative estimate of drug-likeness (QED) is 0.868. The largest absolute Gasteiger partial charge is 0.356 e. The lowest BCUT2D eigenvalue weighted by atomic mass is 10.2. The second-order valence-corrected chi connectivity index (χ2v) is 7.57. The third-order valence-electron chi connectivity index (χ3n) is 3.33. The predicted molar refractivity (Wildman–Crippen MR) is 86.0 cm³/mol. The second-order valence-electron chi connectivity index (χ2n) is 5.23. The Morgan fingerprint density at radius 1 is 1.43 bits per heavy atom. The van der Waals surface area contributed by atoms with Crippen LogP contribution in [0.25, 0.3) is 0 Å². The maximum atomic E-state index is 11.8. The lowest BCUT2D eigenvalue weighted by Crippen LogP contribution is -2.28. The van der Waals surface area contributed by atoms with Gasteiger partial charge >= 0.3 is 0 Å². The molecule has 1 aliphatic rings. The lowest BCUT2D eigenvalue weighted by molar-refractivity contribution is 0.584. The standard InChI is InChI=1S/C14H20ClN3O2S/c1-11(15)10-21(19,20)16-9-13-6-5-12(2)17-14(13)18-7-3-4-8-18/h5-6,16H,1,3-4,7-10H2,2H3. The highest BCUT2D eigenvalue weighted by atomic mass is 35.5. The molecule has 0 atom stereocenters. The van der Waals surface area contributed by atoms with Crippen LogP contribution in [0.15, 0.2) is 23.7 Å². The number of nitrogens with one attached hydrogen (secondary N) is 1. The van der Waals surface area contributed by atoms with Crippen molar-refractivity contribution in [2.45, 2.75) is 26.3 Å². The van der Waals surface area contributed by atoms with Gasteiger partial charge in [0.25, 0.3) is 0 Å². The molecule has 1 aromatic rings. The molecule has 0 spiro atoms. The minimum absolute atomic E-state index is 0.101. The van der Waals surface area contributed by atoms with Crippen molar-refractivity contribution in [2.75, 3.05) is 23.7 Å². The minimum Gasteiger partial charge on any atom is -0.356 e. The van der Waals surface area contributed by atoms with Gasteiger partial charge in [-0.25, -0.2) is 18.1 Å². The summed E-state index contributed by atoms with van der Waals surface area (Å²) in [5.74, 6) is 0.604. The van der Waals surface area contributed by atoms with Gasteiger partial charge in [-0.2, -0.15) is 0 Å². The van der Waals surface area contributed by atoms with E-state index in [4.69, 9.17) is 11.6 Å². The summed E-state index contributed by atoms with van der Waals surface area (Å²) in [6.07, 6.45) is 2.29. The number of sulfonamides is 1. The summed E-state index contributed by atoms with van der Waals surface area (Å²) in [7, 11) is -3.46. The molecule has 0 radical (unpaired) electrons. The first-order valence-corrected chi connectivity index (χ1v) is 8.92. The van der Waals surface area contributed by atoms with Gasteiger partial charge in [0.2, 0.25) is 10.0 Å². The van der Waals surface area contributed by atoms with Crippen LogP contribution in [-0.2, 0) is 16.6 Å². The maximum Gasteiger partial charge on any atom is 0.216 e. The molecule has 1 N–H and O–H groups in total. The molecule has 21 heavy (non-hydrogen) atoms. The van der Waals surface area contributed by atoms with Crippen LogP contribution in [0.2, 0.25) is 0 Å².